The lowest BCUT2D eigenvalue weighted by molar-refractivity contribution is -0.139. The maximum atomic E-state index is 14.2. The minimum atomic E-state index is -1.22. The number of rotatable bonds is 5. The Labute approximate surface area is 122 Å². The molecular weight excluding hydrogens is 277 g/mol. The lowest BCUT2D eigenvalue weighted by Gasteiger charge is -2.26. The van der Waals surface area contributed by atoms with Gasteiger partial charge in [0.25, 0.3) is 0 Å². The van der Waals surface area contributed by atoms with Gasteiger partial charge in [0.2, 0.25) is 0 Å². The number of carbonyl (C=O) groups is 2. The van der Waals surface area contributed by atoms with E-state index in [1.165, 1.54) is 0 Å². The first kappa shape index (κ1) is 15.2. The molecule has 1 aromatic heterocycles. The van der Waals surface area contributed by atoms with Crippen LogP contribution in [0.4, 0.5) is 16.0 Å². The van der Waals surface area contributed by atoms with E-state index in [2.05, 4.69) is 10.3 Å². The van der Waals surface area contributed by atoms with E-state index in [0.29, 0.717) is 13.1 Å². The summed E-state index contributed by atoms with van der Waals surface area (Å²) in [6.45, 7) is 5.11. The Morgan fingerprint density at radius 1 is 1.57 bits per heavy atom. The van der Waals surface area contributed by atoms with Crippen molar-refractivity contribution in [3.63, 3.8) is 0 Å². The van der Waals surface area contributed by atoms with Crippen LogP contribution >= 0.6 is 0 Å². The Morgan fingerprint density at radius 2 is 2.29 bits per heavy atom. The van der Waals surface area contributed by atoms with Crippen LogP contribution in [-0.4, -0.2) is 41.5 Å². The molecule has 0 aliphatic carbocycles. The lowest BCUT2D eigenvalue weighted by atomic mass is 9.94. The molecule has 6 nitrogen and oxygen atoms in total. The van der Waals surface area contributed by atoms with Gasteiger partial charge < -0.3 is 15.3 Å². The summed E-state index contributed by atoms with van der Waals surface area (Å²) in [4.78, 5) is 29.0. The quantitative estimate of drug-likeness (QED) is 0.806. The zero-order valence-electron chi connectivity index (χ0n) is 12.0. The van der Waals surface area contributed by atoms with Crippen molar-refractivity contribution < 1.29 is 19.1 Å². The Hall–Kier alpha value is -2.18. The van der Waals surface area contributed by atoms with Crippen LogP contribution in [0.3, 0.4) is 0 Å². The predicted octanol–water partition coefficient (Wildman–Crippen LogP) is 1.77. The van der Waals surface area contributed by atoms with E-state index in [1.54, 1.807) is 4.90 Å². The standard InChI is InChI=1S/C14H18FN3O3/c1-3-5-18(4-2)13-10(15)6-8-11(19)9(14(20)21)7-16-12(8)17-13/h6,9H,3-5,7H2,1-2H3,(H,16,17)(H,20,21). The number of hydrogen-bond acceptors (Lipinski definition) is 5. The van der Waals surface area contributed by atoms with Gasteiger partial charge in [-0.05, 0) is 19.4 Å². The molecule has 0 radical (unpaired) electrons. The number of Topliss-reactive ketones (excluding diaryl/α,β-unsaturated/α-hetero) is 1. The molecule has 1 unspecified atom stereocenters. The second-order valence-corrected chi connectivity index (χ2v) is 4.91. The van der Waals surface area contributed by atoms with E-state index < -0.39 is 23.5 Å². The van der Waals surface area contributed by atoms with Gasteiger partial charge in [-0.15, -0.1) is 0 Å². The molecule has 1 aromatic rings. The molecule has 0 amide bonds. The molecule has 0 spiro atoms. The van der Waals surface area contributed by atoms with Gasteiger partial charge in [-0.25, -0.2) is 9.37 Å². The SMILES string of the molecule is CCCN(CC)c1nc2c(cc1F)C(=O)C(C(=O)O)CN2. The fourth-order valence-corrected chi connectivity index (χ4v) is 2.39. The average Bonchev–Trinajstić information content (AvgIpc) is 2.45. The molecule has 2 heterocycles. The molecule has 2 N–H and O–H groups in total. The van der Waals surface area contributed by atoms with Gasteiger partial charge >= 0.3 is 5.97 Å². The highest BCUT2D eigenvalue weighted by Crippen LogP contribution is 2.28. The molecule has 1 aliphatic rings. The Bertz CT molecular complexity index is 577. The van der Waals surface area contributed by atoms with Gasteiger partial charge in [0.15, 0.2) is 17.4 Å². The van der Waals surface area contributed by atoms with Gasteiger partial charge in [-0.2, -0.15) is 0 Å². The summed E-state index contributed by atoms with van der Waals surface area (Å²) in [5.41, 5.74) is 0.00227. The van der Waals surface area contributed by atoms with E-state index in [-0.39, 0.29) is 23.7 Å². The smallest absolute Gasteiger partial charge is 0.316 e. The normalized spacial score (nSPS) is 17.1. The number of nitrogens with zero attached hydrogens (tertiary/aromatic N) is 2. The van der Waals surface area contributed by atoms with Crippen LogP contribution < -0.4 is 10.2 Å². The van der Waals surface area contributed by atoms with Gasteiger partial charge in [0.1, 0.15) is 11.7 Å². The monoisotopic (exact) mass is 295 g/mol. The van der Waals surface area contributed by atoms with E-state index in [4.69, 9.17) is 5.11 Å². The lowest BCUT2D eigenvalue weighted by Crippen LogP contribution is -2.36. The fourth-order valence-electron chi connectivity index (χ4n) is 2.39. The summed E-state index contributed by atoms with van der Waals surface area (Å²) in [5.74, 6) is -3.18. The number of hydrogen-bond donors (Lipinski definition) is 2. The topological polar surface area (TPSA) is 82.5 Å². The highest BCUT2D eigenvalue weighted by atomic mass is 19.1. The number of carboxylic acid groups (broad SMARTS) is 1. The highest BCUT2D eigenvalue weighted by Gasteiger charge is 2.34. The number of pyridine rings is 1. The van der Waals surface area contributed by atoms with Crippen LogP contribution in [0.5, 0.6) is 0 Å². The van der Waals surface area contributed by atoms with Crippen molar-refractivity contribution in [2.75, 3.05) is 29.9 Å². The van der Waals surface area contributed by atoms with Gasteiger partial charge in [-0.1, -0.05) is 6.92 Å². The molecule has 0 fully saturated rings. The molecule has 2 rings (SSSR count). The molecule has 1 atom stereocenters. The third-order valence-corrected chi connectivity index (χ3v) is 3.49. The van der Waals surface area contributed by atoms with E-state index >= 15 is 0 Å². The zero-order chi connectivity index (χ0) is 15.6. The van der Waals surface area contributed by atoms with Crippen molar-refractivity contribution in [3.8, 4) is 0 Å². The van der Waals surface area contributed by atoms with Gasteiger partial charge in [0.05, 0.1) is 5.56 Å². The molecule has 7 heteroatoms. The summed E-state index contributed by atoms with van der Waals surface area (Å²) in [6, 6.07) is 1.08. The fraction of sp³-hybridized carbons (Fsp3) is 0.500. The molecule has 0 bridgehead atoms. The minimum absolute atomic E-state index is 0.00227. The Morgan fingerprint density at radius 3 is 2.86 bits per heavy atom. The second-order valence-electron chi connectivity index (χ2n) is 4.91. The zero-order valence-corrected chi connectivity index (χ0v) is 12.0. The molecule has 114 valence electrons. The Balaban J connectivity index is 2.41. The van der Waals surface area contributed by atoms with E-state index in [0.717, 1.165) is 12.5 Å². The highest BCUT2D eigenvalue weighted by molar-refractivity contribution is 6.12. The average molecular weight is 295 g/mol. The summed E-state index contributed by atoms with van der Waals surface area (Å²) < 4.78 is 14.2. The van der Waals surface area contributed by atoms with Gasteiger partial charge in [-0.3, -0.25) is 9.59 Å². The summed E-state index contributed by atoms with van der Waals surface area (Å²) >= 11 is 0. The van der Waals surface area contributed by atoms with Crippen LogP contribution in [0.15, 0.2) is 6.07 Å². The van der Waals surface area contributed by atoms with Crippen molar-refractivity contribution in [1.82, 2.24) is 4.98 Å². The van der Waals surface area contributed by atoms with Crippen molar-refractivity contribution in [1.29, 1.82) is 0 Å². The molecule has 0 saturated heterocycles. The number of anilines is 2. The Kier molecular flexibility index (Phi) is 4.40. The number of carbonyl (C=O) groups excluding carboxylic acids is 1. The number of nitrogens with one attached hydrogen (secondary N) is 1. The molecule has 1 aliphatic heterocycles. The molecular formula is C14H18FN3O3. The van der Waals surface area contributed by atoms with Crippen molar-refractivity contribution in [3.05, 3.63) is 17.4 Å². The summed E-state index contributed by atoms with van der Waals surface area (Å²) in [5, 5.41) is 11.8. The molecule has 0 saturated carbocycles. The van der Waals surface area contributed by atoms with E-state index in [1.807, 2.05) is 13.8 Å². The van der Waals surface area contributed by atoms with Crippen LogP contribution in [0, 0.1) is 11.7 Å². The first-order chi connectivity index (χ1) is 9.99. The predicted molar refractivity (Wildman–Crippen MR) is 76.3 cm³/mol. The second kappa shape index (κ2) is 6.07. The van der Waals surface area contributed by atoms with Crippen LogP contribution in [0.1, 0.15) is 30.6 Å². The summed E-state index contributed by atoms with van der Waals surface area (Å²) in [6.07, 6.45) is 0.847. The number of ketones is 1. The number of aromatic nitrogens is 1. The molecule has 21 heavy (non-hydrogen) atoms. The number of aliphatic carboxylic acids is 1. The number of fused-ring (bicyclic) bond motifs is 1. The maximum absolute atomic E-state index is 14.2. The third kappa shape index (κ3) is 2.81. The summed E-state index contributed by atoms with van der Waals surface area (Å²) in [7, 11) is 0. The van der Waals surface area contributed by atoms with Crippen LogP contribution in [0.2, 0.25) is 0 Å². The molecule has 0 aromatic carbocycles. The first-order valence-electron chi connectivity index (χ1n) is 6.95. The number of halogens is 1. The minimum Gasteiger partial charge on any atom is -0.481 e. The van der Waals surface area contributed by atoms with Gasteiger partial charge in [0, 0.05) is 19.6 Å². The van der Waals surface area contributed by atoms with Crippen LogP contribution in [0.25, 0.3) is 0 Å². The van der Waals surface area contributed by atoms with E-state index in [9.17, 15) is 14.0 Å². The van der Waals surface area contributed by atoms with Crippen molar-refractivity contribution in [2.24, 2.45) is 5.92 Å². The van der Waals surface area contributed by atoms with Crippen molar-refractivity contribution in [2.45, 2.75) is 20.3 Å². The van der Waals surface area contributed by atoms with Crippen LogP contribution in [-0.2, 0) is 4.79 Å². The van der Waals surface area contributed by atoms with Crippen molar-refractivity contribution >= 4 is 23.4 Å². The number of carboxylic acids is 1. The third-order valence-electron chi connectivity index (χ3n) is 3.49. The first-order valence-corrected chi connectivity index (χ1v) is 6.95. The maximum Gasteiger partial charge on any atom is 0.316 e. The largest absolute Gasteiger partial charge is 0.481 e.